The molecule has 0 aliphatic heterocycles. The summed E-state index contributed by atoms with van der Waals surface area (Å²) in [7, 11) is 0. The Labute approximate surface area is 145 Å². The summed E-state index contributed by atoms with van der Waals surface area (Å²) in [5.41, 5.74) is 7.76. The number of carbonyl (C=O) groups is 2. The Morgan fingerprint density at radius 3 is 2.52 bits per heavy atom. The van der Waals surface area contributed by atoms with Gasteiger partial charge in [-0.1, -0.05) is 48.5 Å². The number of primary amides is 1. The molecule has 5 nitrogen and oxygen atoms in total. The van der Waals surface area contributed by atoms with Crippen LogP contribution in [0.1, 0.15) is 22.3 Å². The lowest BCUT2D eigenvalue weighted by molar-refractivity contribution is -0.120. The van der Waals surface area contributed by atoms with Gasteiger partial charge in [-0.2, -0.15) is 0 Å². The van der Waals surface area contributed by atoms with E-state index in [0.717, 1.165) is 16.5 Å². The molecule has 3 N–H and O–H groups in total. The molecule has 0 fully saturated rings. The van der Waals surface area contributed by atoms with Gasteiger partial charge in [-0.3, -0.25) is 14.6 Å². The molecule has 126 valence electrons. The first-order chi connectivity index (χ1) is 12.1. The number of aromatic nitrogens is 1. The Hall–Kier alpha value is -3.21. The molecule has 0 unspecified atom stereocenters. The van der Waals surface area contributed by atoms with Crippen molar-refractivity contribution in [3.63, 3.8) is 0 Å². The van der Waals surface area contributed by atoms with Crippen molar-refractivity contribution in [2.75, 3.05) is 0 Å². The summed E-state index contributed by atoms with van der Waals surface area (Å²) in [6.45, 7) is 0. The van der Waals surface area contributed by atoms with E-state index >= 15 is 0 Å². The Balaban J connectivity index is 1.70. The van der Waals surface area contributed by atoms with E-state index in [1.165, 1.54) is 6.20 Å². The second kappa shape index (κ2) is 7.57. The van der Waals surface area contributed by atoms with E-state index in [9.17, 15) is 9.59 Å². The number of benzene rings is 2. The largest absolute Gasteiger partial charge is 0.368 e. The maximum Gasteiger partial charge on any atom is 0.253 e. The number of rotatable bonds is 6. The lowest BCUT2D eigenvalue weighted by atomic mass is 10.0. The molecule has 3 rings (SSSR count). The van der Waals surface area contributed by atoms with Crippen LogP contribution in [0.25, 0.3) is 10.9 Å². The molecule has 0 aliphatic rings. The number of carbonyl (C=O) groups excluding carboxylic acids is 2. The maximum absolute atomic E-state index is 12.5. The highest BCUT2D eigenvalue weighted by atomic mass is 16.2. The summed E-state index contributed by atoms with van der Waals surface area (Å²) in [6, 6.07) is 18.3. The molecule has 1 atom stereocenters. The Morgan fingerprint density at radius 1 is 1.04 bits per heavy atom. The van der Waals surface area contributed by atoms with E-state index in [2.05, 4.69) is 10.3 Å². The zero-order valence-electron chi connectivity index (χ0n) is 13.7. The summed E-state index contributed by atoms with van der Waals surface area (Å²) < 4.78 is 0. The fraction of sp³-hybridized carbons (Fsp3) is 0.150. The van der Waals surface area contributed by atoms with E-state index in [1.54, 1.807) is 6.07 Å². The van der Waals surface area contributed by atoms with Crippen LogP contribution in [0.4, 0.5) is 0 Å². The van der Waals surface area contributed by atoms with Crippen molar-refractivity contribution >= 4 is 22.7 Å². The van der Waals surface area contributed by atoms with E-state index in [-0.39, 0.29) is 5.91 Å². The number of nitrogens with one attached hydrogen (secondary N) is 1. The summed E-state index contributed by atoms with van der Waals surface area (Å²) in [4.78, 5) is 28.4. The highest BCUT2D eigenvalue weighted by Gasteiger charge is 2.19. The van der Waals surface area contributed by atoms with Crippen molar-refractivity contribution in [2.24, 2.45) is 5.73 Å². The zero-order valence-corrected chi connectivity index (χ0v) is 13.7. The molecule has 25 heavy (non-hydrogen) atoms. The molecule has 0 saturated carbocycles. The molecule has 2 aromatic carbocycles. The molecule has 0 radical (unpaired) electrons. The summed E-state index contributed by atoms with van der Waals surface area (Å²) >= 11 is 0. The van der Waals surface area contributed by atoms with Gasteiger partial charge in [0.15, 0.2) is 0 Å². The van der Waals surface area contributed by atoms with Gasteiger partial charge in [-0.05, 0) is 30.5 Å². The maximum atomic E-state index is 12.5. The molecule has 0 spiro atoms. The van der Waals surface area contributed by atoms with Gasteiger partial charge in [0, 0.05) is 11.6 Å². The molecule has 1 heterocycles. The smallest absolute Gasteiger partial charge is 0.253 e. The minimum Gasteiger partial charge on any atom is -0.368 e. The summed E-state index contributed by atoms with van der Waals surface area (Å²) in [5, 5.41) is 3.58. The normalized spacial score (nSPS) is 11.8. The van der Waals surface area contributed by atoms with E-state index < -0.39 is 11.9 Å². The van der Waals surface area contributed by atoms with Crippen LogP contribution in [-0.4, -0.2) is 22.8 Å². The van der Waals surface area contributed by atoms with E-state index in [0.29, 0.717) is 18.4 Å². The standard InChI is InChI=1S/C20H19N3O2/c21-19(24)18(11-10-14-6-2-1-3-7-14)23-20(25)16-12-15-8-4-5-9-17(15)22-13-16/h1-9,12-13,18H,10-11H2,(H2,21,24)(H,23,25)/t18-/m1/s1. The summed E-state index contributed by atoms with van der Waals surface area (Å²) in [5.74, 6) is -0.895. The fourth-order valence-electron chi connectivity index (χ4n) is 2.68. The highest BCUT2D eigenvalue weighted by Crippen LogP contribution is 2.13. The molecule has 0 aliphatic carbocycles. The van der Waals surface area contributed by atoms with Gasteiger partial charge in [0.2, 0.25) is 5.91 Å². The average Bonchev–Trinajstić information content (AvgIpc) is 2.65. The lowest BCUT2D eigenvalue weighted by Gasteiger charge is -2.15. The predicted octanol–water partition coefficient (Wildman–Crippen LogP) is 2.45. The second-order valence-electron chi connectivity index (χ2n) is 5.87. The SMILES string of the molecule is NC(=O)[C@@H](CCc1ccccc1)NC(=O)c1cnc2ccccc2c1. The van der Waals surface area contributed by atoms with Gasteiger partial charge >= 0.3 is 0 Å². The van der Waals surface area contributed by atoms with Gasteiger partial charge < -0.3 is 11.1 Å². The number of hydrogen-bond acceptors (Lipinski definition) is 3. The first kappa shape index (κ1) is 16.6. The van der Waals surface area contributed by atoms with Gasteiger partial charge in [0.1, 0.15) is 6.04 Å². The number of amides is 2. The van der Waals surface area contributed by atoms with Crippen LogP contribution in [0.15, 0.2) is 66.9 Å². The van der Waals surface area contributed by atoms with Crippen LogP contribution in [-0.2, 0) is 11.2 Å². The Kier molecular flexibility index (Phi) is 5.04. The van der Waals surface area contributed by atoms with E-state index in [1.807, 2.05) is 54.6 Å². The third-order valence-corrected chi connectivity index (χ3v) is 4.07. The average molecular weight is 333 g/mol. The highest BCUT2D eigenvalue weighted by molar-refractivity contribution is 5.99. The number of para-hydroxylation sites is 1. The minimum atomic E-state index is -0.723. The minimum absolute atomic E-state index is 0.352. The molecule has 0 saturated heterocycles. The first-order valence-corrected chi connectivity index (χ1v) is 8.12. The topological polar surface area (TPSA) is 85.1 Å². The lowest BCUT2D eigenvalue weighted by Crippen LogP contribution is -2.44. The van der Waals surface area contributed by atoms with Crippen molar-refractivity contribution in [3.05, 3.63) is 78.0 Å². The van der Waals surface area contributed by atoms with Gasteiger partial charge in [-0.15, -0.1) is 0 Å². The van der Waals surface area contributed by atoms with Crippen LogP contribution in [0.3, 0.4) is 0 Å². The number of fused-ring (bicyclic) bond motifs is 1. The monoisotopic (exact) mass is 333 g/mol. The van der Waals surface area contributed by atoms with Crippen molar-refractivity contribution in [2.45, 2.75) is 18.9 Å². The van der Waals surface area contributed by atoms with Crippen LogP contribution < -0.4 is 11.1 Å². The Bertz CT molecular complexity index is 894. The van der Waals surface area contributed by atoms with Gasteiger partial charge in [-0.25, -0.2) is 0 Å². The van der Waals surface area contributed by atoms with Crippen LogP contribution >= 0.6 is 0 Å². The molecular formula is C20H19N3O2. The number of nitrogens with two attached hydrogens (primary N) is 1. The molecular weight excluding hydrogens is 314 g/mol. The number of hydrogen-bond donors (Lipinski definition) is 2. The van der Waals surface area contributed by atoms with E-state index in [4.69, 9.17) is 5.73 Å². The molecule has 0 bridgehead atoms. The number of aryl methyl sites for hydroxylation is 1. The second-order valence-corrected chi connectivity index (χ2v) is 5.87. The Morgan fingerprint density at radius 2 is 1.76 bits per heavy atom. The van der Waals surface area contributed by atoms with Crippen molar-refractivity contribution < 1.29 is 9.59 Å². The van der Waals surface area contributed by atoms with Crippen molar-refractivity contribution in [1.82, 2.24) is 10.3 Å². The molecule has 5 heteroatoms. The first-order valence-electron chi connectivity index (χ1n) is 8.12. The van der Waals surface area contributed by atoms with Crippen LogP contribution in [0.5, 0.6) is 0 Å². The number of pyridine rings is 1. The number of nitrogens with zero attached hydrogens (tertiary/aromatic N) is 1. The predicted molar refractivity (Wildman–Crippen MR) is 97.0 cm³/mol. The van der Waals surface area contributed by atoms with Crippen LogP contribution in [0, 0.1) is 0 Å². The molecule has 2 amide bonds. The fourth-order valence-corrected chi connectivity index (χ4v) is 2.68. The van der Waals surface area contributed by atoms with Gasteiger partial charge in [0.05, 0.1) is 11.1 Å². The zero-order chi connectivity index (χ0) is 17.6. The summed E-state index contributed by atoms with van der Waals surface area (Å²) in [6.07, 6.45) is 2.61. The van der Waals surface area contributed by atoms with Crippen LogP contribution in [0.2, 0.25) is 0 Å². The quantitative estimate of drug-likeness (QED) is 0.726. The van der Waals surface area contributed by atoms with Gasteiger partial charge in [0.25, 0.3) is 5.91 Å². The van der Waals surface area contributed by atoms with Crippen molar-refractivity contribution in [3.8, 4) is 0 Å². The molecule has 1 aromatic heterocycles. The third kappa shape index (κ3) is 4.20. The molecule has 3 aromatic rings. The third-order valence-electron chi connectivity index (χ3n) is 4.07. The van der Waals surface area contributed by atoms with Crippen molar-refractivity contribution in [1.29, 1.82) is 0 Å².